The Morgan fingerprint density at radius 1 is 1.09 bits per heavy atom. The molecule has 2 amide bonds. The van der Waals surface area contributed by atoms with Crippen molar-refractivity contribution < 1.29 is 9.21 Å². The molecule has 2 bridgehead atoms. The number of oxazole rings is 1. The molecule has 6 rings (SSSR count). The maximum absolute atomic E-state index is 13.6. The van der Waals surface area contributed by atoms with Gasteiger partial charge in [0.2, 0.25) is 0 Å². The van der Waals surface area contributed by atoms with Gasteiger partial charge in [-0.1, -0.05) is 0 Å². The van der Waals surface area contributed by atoms with Crippen LogP contribution in [0.1, 0.15) is 18.0 Å². The van der Waals surface area contributed by atoms with E-state index in [0.717, 1.165) is 47.7 Å². The first-order valence-electron chi connectivity index (χ1n) is 11.2. The number of nitrogens with one attached hydrogen (secondary N) is 1. The van der Waals surface area contributed by atoms with Gasteiger partial charge >= 0.3 is 6.03 Å². The fraction of sp³-hybridized carbons (Fsp3) is 0.240. The van der Waals surface area contributed by atoms with Gasteiger partial charge < -0.3 is 14.6 Å². The van der Waals surface area contributed by atoms with Gasteiger partial charge in [0.25, 0.3) is 0 Å². The summed E-state index contributed by atoms with van der Waals surface area (Å²) in [5, 5.41) is 3.01. The largest absolute Gasteiger partial charge is 0.441 e. The van der Waals surface area contributed by atoms with Crippen LogP contribution in [0.3, 0.4) is 0 Å². The molecular weight excluding hydrogens is 430 g/mol. The van der Waals surface area contributed by atoms with Crippen molar-refractivity contribution in [2.24, 2.45) is 0 Å². The summed E-state index contributed by atoms with van der Waals surface area (Å²) in [5.41, 5.74) is 5.02. The van der Waals surface area contributed by atoms with E-state index in [1.165, 1.54) is 0 Å². The zero-order valence-electron chi connectivity index (χ0n) is 18.9. The van der Waals surface area contributed by atoms with E-state index >= 15 is 0 Å². The summed E-state index contributed by atoms with van der Waals surface area (Å²) in [6.45, 7) is 5.44. The molecule has 1 fully saturated rings. The first-order valence-corrected chi connectivity index (χ1v) is 11.2. The van der Waals surface area contributed by atoms with Crippen molar-refractivity contribution in [2.45, 2.75) is 26.3 Å². The second kappa shape index (κ2) is 7.95. The van der Waals surface area contributed by atoms with Crippen LogP contribution < -0.4 is 15.1 Å². The molecule has 2 aliphatic rings. The third-order valence-corrected chi connectivity index (χ3v) is 6.26. The Morgan fingerprint density at radius 2 is 2.00 bits per heavy atom. The highest BCUT2D eigenvalue weighted by atomic mass is 16.4. The fourth-order valence-corrected chi connectivity index (χ4v) is 4.66. The molecule has 9 heteroatoms. The molecule has 1 N–H and O–H groups in total. The number of urea groups is 1. The molecule has 4 aromatic rings. The van der Waals surface area contributed by atoms with Crippen LogP contribution in [0.2, 0.25) is 0 Å². The zero-order valence-corrected chi connectivity index (χ0v) is 18.9. The maximum atomic E-state index is 13.6. The highest BCUT2D eigenvalue weighted by Crippen LogP contribution is 2.40. The van der Waals surface area contributed by atoms with Gasteiger partial charge in [-0.05, 0) is 43.7 Å². The number of aromatic nitrogens is 4. The number of pyridine rings is 3. The molecule has 170 valence electrons. The van der Waals surface area contributed by atoms with Crippen LogP contribution in [-0.4, -0.2) is 45.1 Å². The van der Waals surface area contributed by atoms with Gasteiger partial charge in [-0.15, -0.1) is 0 Å². The molecule has 2 aliphatic heterocycles. The molecule has 6 heterocycles. The van der Waals surface area contributed by atoms with E-state index in [9.17, 15) is 4.79 Å². The monoisotopic (exact) mass is 453 g/mol. The summed E-state index contributed by atoms with van der Waals surface area (Å²) < 4.78 is 5.60. The Morgan fingerprint density at radius 3 is 2.82 bits per heavy atom. The van der Waals surface area contributed by atoms with Crippen LogP contribution in [0.4, 0.5) is 22.0 Å². The van der Waals surface area contributed by atoms with Gasteiger partial charge in [0.15, 0.2) is 17.5 Å². The van der Waals surface area contributed by atoms with Gasteiger partial charge in [0.1, 0.15) is 0 Å². The van der Waals surface area contributed by atoms with Crippen LogP contribution >= 0.6 is 0 Å². The molecular formula is C25H23N7O2. The predicted octanol–water partition coefficient (Wildman–Crippen LogP) is 4.44. The van der Waals surface area contributed by atoms with Crippen molar-refractivity contribution in [1.82, 2.24) is 19.9 Å². The normalized spacial score (nSPS) is 16.5. The Bertz CT molecular complexity index is 1400. The summed E-state index contributed by atoms with van der Waals surface area (Å²) in [6.07, 6.45) is 7.63. The van der Waals surface area contributed by atoms with E-state index in [1.54, 1.807) is 36.6 Å². The Hall–Kier alpha value is -4.27. The third kappa shape index (κ3) is 3.55. The van der Waals surface area contributed by atoms with Crippen molar-refractivity contribution in [1.29, 1.82) is 0 Å². The molecule has 0 spiro atoms. The van der Waals surface area contributed by atoms with Crippen molar-refractivity contribution in [3.63, 3.8) is 0 Å². The number of hydrogen-bond acceptors (Lipinski definition) is 7. The Balaban J connectivity index is 1.33. The molecule has 0 aromatic carbocycles. The summed E-state index contributed by atoms with van der Waals surface area (Å²) in [6, 6.07) is 9.67. The van der Waals surface area contributed by atoms with Gasteiger partial charge in [-0.3, -0.25) is 14.9 Å². The van der Waals surface area contributed by atoms with Gasteiger partial charge in [-0.2, -0.15) is 0 Å². The molecule has 4 aromatic heterocycles. The van der Waals surface area contributed by atoms with E-state index in [1.807, 2.05) is 31.2 Å². The van der Waals surface area contributed by atoms with E-state index in [0.29, 0.717) is 23.2 Å². The topological polar surface area (TPSA) is 100 Å². The lowest BCUT2D eigenvalue weighted by Gasteiger charge is -2.36. The lowest BCUT2D eigenvalue weighted by molar-refractivity contribution is 0.255. The van der Waals surface area contributed by atoms with Crippen molar-refractivity contribution >= 4 is 23.2 Å². The minimum atomic E-state index is -0.226. The first kappa shape index (κ1) is 20.3. The Kier molecular flexibility index (Phi) is 4.75. The average Bonchev–Trinajstić information content (AvgIpc) is 3.46. The SMILES string of the molecule is Cc1cc(-c2ccc3c(n2)N(C(=O)Nc2cncc(-c4cnc(C)o4)c2)[C@H]2CCN3C2)ccn1. The third-order valence-electron chi connectivity index (χ3n) is 6.26. The molecule has 0 unspecified atom stereocenters. The van der Waals surface area contributed by atoms with Crippen LogP contribution in [0.15, 0.2) is 59.5 Å². The van der Waals surface area contributed by atoms with Crippen LogP contribution in [0.25, 0.3) is 22.6 Å². The minimum absolute atomic E-state index is 0.0579. The van der Waals surface area contributed by atoms with Crippen LogP contribution in [0.5, 0.6) is 0 Å². The van der Waals surface area contributed by atoms with E-state index < -0.39 is 0 Å². The van der Waals surface area contributed by atoms with E-state index in [4.69, 9.17) is 9.40 Å². The number of anilines is 3. The summed E-state index contributed by atoms with van der Waals surface area (Å²) in [4.78, 5) is 35.3. The maximum Gasteiger partial charge on any atom is 0.327 e. The average molecular weight is 454 g/mol. The standard InChI is InChI=1S/C25H23N7O2/c1-15-9-17(5-7-27-15)21-3-4-22-24(30-21)32(20-6-8-31(22)14-20)25(33)29-19-10-18(11-26-12-19)23-13-28-16(2)34-23/h3-5,7,9-13,20H,6,8,14H2,1-2H3,(H,29,33)/t20-/m0/s1. The smallest absolute Gasteiger partial charge is 0.327 e. The van der Waals surface area contributed by atoms with E-state index in [-0.39, 0.29) is 12.1 Å². The fourth-order valence-electron chi connectivity index (χ4n) is 4.66. The number of nitrogens with zero attached hydrogens (tertiary/aromatic N) is 6. The second-order valence-corrected chi connectivity index (χ2v) is 8.62. The quantitative estimate of drug-likeness (QED) is 0.489. The van der Waals surface area contributed by atoms with Crippen molar-refractivity contribution in [2.75, 3.05) is 28.2 Å². The summed E-state index contributed by atoms with van der Waals surface area (Å²) >= 11 is 0. The number of amides is 2. The summed E-state index contributed by atoms with van der Waals surface area (Å²) in [5.74, 6) is 1.86. The van der Waals surface area contributed by atoms with Gasteiger partial charge in [-0.25, -0.2) is 14.8 Å². The summed E-state index contributed by atoms with van der Waals surface area (Å²) in [7, 11) is 0. The lowest BCUT2D eigenvalue weighted by atomic mass is 10.1. The second-order valence-electron chi connectivity index (χ2n) is 8.62. The highest BCUT2D eigenvalue weighted by molar-refractivity contribution is 6.05. The minimum Gasteiger partial charge on any atom is -0.441 e. The molecule has 0 saturated carbocycles. The number of carbonyl (C=O) groups is 1. The lowest BCUT2D eigenvalue weighted by Crippen LogP contribution is -2.48. The van der Waals surface area contributed by atoms with Gasteiger partial charge in [0, 0.05) is 49.2 Å². The van der Waals surface area contributed by atoms with E-state index in [2.05, 4.69) is 31.2 Å². The molecule has 1 atom stereocenters. The molecule has 0 aliphatic carbocycles. The van der Waals surface area contributed by atoms with Crippen LogP contribution in [-0.2, 0) is 0 Å². The molecule has 34 heavy (non-hydrogen) atoms. The number of rotatable bonds is 3. The Labute approximate surface area is 196 Å². The number of aryl methyl sites for hydroxylation is 2. The number of hydrogen-bond donors (Lipinski definition) is 1. The predicted molar refractivity (Wildman–Crippen MR) is 129 cm³/mol. The molecule has 1 saturated heterocycles. The van der Waals surface area contributed by atoms with Crippen LogP contribution in [0, 0.1) is 13.8 Å². The zero-order chi connectivity index (χ0) is 23.2. The molecule has 0 radical (unpaired) electrons. The molecule has 9 nitrogen and oxygen atoms in total. The van der Waals surface area contributed by atoms with Gasteiger partial charge in [0.05, 0.1) is 35.5 Å². The first-order chi connectivity index (χ1) is 16.5. The van der Waals surface area contributed by atoms with Crippen molar-refractivity contribution in [3.8, 4) is 22.6 Å². The highest BCUT2D eigenvalue weighted by Gasteiger charge is 2.40. The number of fused-ring (bicyclic) bond motifs is 4. The van der Waals surface area contributed by atoms with Crippen molar-refractivity contribution in [3.05, 3.63) is 66.7 Å². The number of carbonyl (C=O) groups excluding carboxylic acids is 1.